The molecule has 1 amide bonds. The highest BCUT2D eigenvalue weighted by Crippen LogP contribution is 2.38. The number of thiophene rings is 1. The van der Waals surface area contributed by atoms with Crippen LogP contribution in [0.25, 0.3) is 0 Å². The Morgan fingerprint density at radius 3 is 2.66 bits per heavy atom. The van der Waals surface area contributed by atoms with Crippen molar-refractivity contribution in [2.45, 2.75) is 32.1 Å². The zero-order chi connectivity index (χ0) is 20.8. The molecule has 0 saturated heterocycles. The predicted molar refractivity (Wildman–Crippen MR) is 109 cm³/mol. The molecule has 1 aliphatic rings. The Labute approximate surface area is 173 Å². The smallest absolute Gasteiger partial charge is 0.341 e. The first-order chi connectivity index (χ1) is 14.1. The first kappa shape index (κ1) is 20.9. The van der Waals surface area contributed by atoms with Gasteiger partial charge in [0.25, 0.3) is 5.91 Å². The Kier molecular flexibility index (Phi) is 6.87. The first-order valence-corrected chi connectivity index (χ1v) is 10.2. The van der Waals surface area contributed by atoms with E-state index in [1.807, 2.05) is 0 Å². The second-order valence-electron chi connectivity index (χ2n) is 6.63. The van der Waals surface area contributed by atoms with Gasteiger partial charge in [0.1, 0.15) is 11.3 Å². The van der Waals surface area contributed by atoms with Gasteiger partial charge in [0, 0.05) is 10.4 Å². The van der Waals surface area contributed by atoms with E-state index in [9.17, 15) is 14.4 Å². The zero-order valence-corrected chi connectivity index (χ0v) is 17.2. The Bertz CT molecular complexity index is 920. The number of aryl methyl sites for hydroxylation is 1. The van der Waals surface area contributed by atoms with Crippen LogP contribution >= 0.6 is 11.3 Å². The maximum Gasteiger partial charge on any atom is 0.341 e. The van der Waals surface area contributed by atoms with E-state index in [0.29, 0.717) is 33.9 Å². The number of nitrogens with one attached hydrogen (secondary N) is 1. The number of esters is 1. The largest absolute Gasteiger partial charge is 0.493 e. The van der Waals surface area contributed by atoms with Gasteiger partial charge in [0.05, 0.1) is 19.8 Å². The molecule has 0 atom stereocenters. The molecular weight excluding hydrogens is 394 g/mol. The third-order valence-corrected chi connectivity index (χ3v) is 5.95. The number of carbonyl (C=O) groups is 3. The van der Waals surface area contributed by atoms with E-state index in [2.05, 4.69) is 5.32 Å². The lowest BCUT2D eigenvalue weighted by Crippen LogP contribution is -2.21. The molecule has 0 aliphatic heterocycles. The van der Waals surface area contributed by atoms with E-state index in [1.165, 1.54) is 31.6 Å². The number of methoxy groups -OCH3 is 2. The monoisotopic (exact) mass is 417 g/mol. The fourth-order valence-corrected chi connectivity index (χ4v) is 4.63. The van der Waals surface area contributed by atoms with Crippen LogP contribution in [-0.2, 0) is 22.4 Å². The van der Waals surface area contributed by atoms with Gasteiger partial charge in [-0.2, -0.15) is 0 Å². The summed E-state index contributed by atoms with van der Waals surface area (Å²) in [5.74, 6) is -0.144. The van der Waals surface area contributed by atoms with Gasteiger partial charge in [-0.3, -0.25) is 9.59 Å². The average molecular weight is 417 g/mol. The van der Waals surface area contributed by atoms with E-state index in [1.54, 1.807) is 12.1 Å². The Hall–Kier alpha value is -2.87. The third-order valence-electron chi connectivity index (χ3n) is 4.75. The van der Waals surface area contributed by atoms with Gasteiger partial charge in [-0.25, -0.2) is 4.79 Å². The minimum absolute atomic E-state index is 0.290. The average Bonchev–Trinajstić information content (AvgIpc) is 2.91. The molecular formula is C21H23NO6S. The minimum atomic E-state index is -0.444. The molecule has 0 saturated carbocycles. The zero-order valence-electron chi connectivity index (χ0n) is 16.4. The number of rotatable bonds is 7. The molecule has 1 aromatic carbocycles. The molecule has 8 heteroatoms. The maximum atomic E-state index is 12.5. The van der Waals surface area contributed by atoms with Gasteiger partial charge >= 0.3 is 5.97 Å². The lowest BCUT2D eigenvalue weighted by Gasteiger charge is -2.11. The first-order valence-electron chi connectivity index (χ1n) is 9.36. The summed E-state index contributed by atoms with van der Waals surface area (Å²) < 4.78 is 15.7. The second kappa shape index (κ2) is 9.56. The van der Waals surface area contributed by atoms with Gasteiger partial charge in [0.2, 0.25) is 0 Å². The van der Waals surface area contributed by atoms with Crippen molar-refractivity contribution in [1.29, 1.82) is 0 Å². The summed E-state index contributed by atoms with van der Waals surface area (Å²) in [6.45, 7) is -0.290. The van der Waals surface area contributed by atoms with Crippen LogP contribution in [0.15, 0.2) is 18.2 Å². The topological polar surface area (TPSA) is 90.9 Å². The van der Waals surface area contributed by atoms with Gasteiger partial charge in [-0.15, -0.1) is 11.3 Å². The maximum absolute atomic E-state index is 12.5. The molecule has 0 fully saturated rings. The van der Waals surface area contributed by atoms with Gasteiger partial charge in [-0.1, -0.05) is 6.42 Å². The summed E-state index contributed by atoms with van der Waals surface area (Å²) in [6, 6.07) is 4.70. The van der Waals surface area contributed by atoms with Gasteiger partial charge in [-0.05, 0) is 49.4 Å². The number of aldehydes is 1. The van der Waals surface area contributed by atoms with Crippen molar-refractivity contribution >= 4 is 34.5 Å². The van der Waals surface area contributed by atoms with E-state index in [-0.39, 0.29) is 6.61 Å². The highest BCUT2D eigenvalue weighted by Gasteiger charge is 2.26. The normalized spacial score (nSPS) is 13.0. The number of benzene rings is 1. The summed E-state index contributed by atoms with van der Waals surface area (Å²) in [5.41, 5.74) is 1.84. The lowest BCUT2D eigenvalue weighted by atomic mass is 10.1. The van der Waals surface area contributed by atoms with E-state index in [4.69, 9.17) is 14.2 Å². The molecule has 7 nitrogen and oxygen atoms in total. The fraction of sp³-hybridized carbons (Fsp3) is 0.381. The highest BCUT2D eigenvalue weighted by atomic mass is 32.1. The van der Waals surface area contributed by atoms with Crippen molar-refractivity contribution in [1.82, 2.24) is 0 Å². The minimum Gasteiger partial charge on any atom is -0.493 e. The molecule has 1 aromatic heterocycles. The van der Waals surface area contributed by atoms with Crippen molar-refractivity contribution in [3.05, 3.63) is 39.8 Å². The molecule has 29 heavy (non-hydrogen) atoms. The van der Waals surface area contributed by atoms with E-state index in [0.717, 1.165) is 42.5 Å². The molecule has 1 aliphatic carbocycles. The van der Waals surface area contributed by atoms with Crippen LogP contribution in [0.3, 0.4) is 0 Å². The van der Waals surface area contributed by atoms with Gasteiger partial charge < -0.3 is 19.5 Å². The van der Waals surface area contributed by atoms with Crippen LogP contribution < -0.4 is 14.8 Å². The van der Waals surface area contributed by atoms with Crippen molar-refractivity contribution in [3.63, 3.8) is 0 Å². The summed E-state index contributed by atoms with van der Waals surface area (Å²) in [7, 11) is 2.81. The SMILES string of the molecule is COC(=O)c1c(NC(=O)COc2cc(C=O)ccc2OC)sc2c1CCCCC2. The number of hydrogen-bond acceptors (Lipinski definition) is 7. The number of amides is 1. The highest BCUT2D eigenvalue weighted by molar-refractivity contribution is 7.17. The van der Waals surface area contributed by atoms with E-state index >= 15 is 0 Å². The fourth-order valence-electron chi connectivity index (χ4n) is 3.33. The Balaban J connectivity index is 1.76. The molecule has 0 unspecified atom stereocenters. The lowest BCUT2D eigenvalue weighted by molar-refractivity contribution is -0.118. The quantitative estimate of drug-likeness (QED) is 0.420. The van der Waals surface area contributed by atoms with Crippen molar-refractivity contribution in [2.24, 2.45) is 0 Å². The van der Waals surface area contributed by atoms with E-state index < -0.39 is 11.9 Å². The van der Waals surface area contributed by atoms with Crippen LogP contribution in [0.4, 0.5) is 5.00 Å². The standard InChI is InChI=1S/C21H23NO6S/c1-26-15-9-8-13(11-23)10-16(15)28-12-18(24)22-20-19(21(25)27-2)14-6-4-3-5-7-17(14)29-20/h8-11H,3-7,12H2,1-2H3,(H,22,24). The molecule has 154 valence electrons. The number of anilines is 1. The van der Waals surface area contributed by atoms with Crippen LogP contribution in [-0.4, -0.2) is 39.0 Å². The van der Waals surface area contributed by atoms with Gasteiger partial charge in [0.15, 0.2) is 18.1 Å². The molecule has 1 N–H and O–H groups in total. The van der Waals surface area contributed by atoms with Crippen molar-refractivity contribution in [2.75, 3.05) is 26.1 Å². The molecule has 2 aromatic rings. The number of carbonyl (C=O) groups excluding carboxylic acids is 3. The molecule has 3 rings (SSSR count). The second-order valence-corrected chi connectivity index (χ2v) is 7.73. The number of ether oxygens (including phenoxy) is 3. The van der Waals surface area contributed by atoms with Crippen LogP contribution in [0, 0.1) is 0 Å². The van der Waals surface area contributed by atoms with Crippen molar-refractivity contribution in [3.8, 4) is 11.5 Å². The summed E-state index contributed by atoms with van der Waals surface area (Å²) >= 11 is 1.42. The third kappa shape index (κ3) is 4.76. The Morgan fingerprint density at radius 1 is 1.14 bits per heavy atom. The molecule has 0 radical (unpaired) electrons. The van der Waals surface area contributed by atoms with Crippen LogP contribution in [0.2, 0.25) is 0 Å². The Morgan fingerprint density at radius 2 is 1.93 bits per heavy atom. The van der Waals surface area contributed by atoms with Crippen LogP contribution in [0.1, 0.15) is 50.4 Å². The molecule has 0 bridgehead atoms. The number of fused-ring (bicyclic) bond motifs is 1. The molecule has 1 heterocycles. The summed E-state index contributed by atoms with van der Waals surface area (Å²) in [5, 5.41) is 3.27. The van der Waals surface area contributed by atoms with Crippen molar-refractivity contribution < 1.29 is 28.6 Å². The number of hydrogen-bond donors (Lipinski definition) is 1. The summed E-state index contributed by atoms with van der Waals surface area (Å²) in [4.78, 5) is 36.9. The predicted octanol–water partition coefficient (Wildman–Crippen LogP) is 3.64. The van der Waals surface area contributed by atoms with Crippen LogP contribution in [0.5, 0.6) is 11.5 Å². The molecule has 0 spiro atoms. The summed E-state index contributed by atoms with van der Waals surface area (Å²) in [6.07, 6.45) is 5.59.